The lowest BCUT2D eigenvalue weighted by Crippen LogP contribution is -2.41. The van der Waals surface area contributed by atoms with E-state index in [9.17, 15) is 14.9 Å². The lowest BCUT2D eigenvalue weighted by atomic mass is 9.95. The number of para-hydroxylation sites is 2. The van der Waals surface area contributed by atoms with Gasteiger partial charge in [-0.2, -0.15) is 0 Å². The number of anilines is 1. The van der Waals surface area contributed by atoms with Crippen LogP contribution in [0.25, 0.3) is 0 Å². The highest BCUT2D eigenvalue weighted by Crippen LogP contribution is 2.34. The molecule has 166 valence electrons. The first kappa shape index (κ1) is 22.9. The highest BCUT2D eigenvalue weighted by molar-refractivity contribution is 9.10. The van der Waals surface area contributed by atoms with Crippen LogP contribution in [0.5, 0.6) is 11.5 Å². The number of nitro groups is 1. The molecule has 1 aliphatic rings. The molecule has 1 N–H and O–H groups in total. The number of nitrogens with zero attached hydrogens (tertiary/aromatic N) is 2. The normalized spacial score (nSPS) is 14.2. The van der Waals surface area contributed by atoms with Gasteiger partial charge >= 0.3 is 0 Å². The van der Waals surface area contributed by atoms with Crippen LogP contribution in [0, 0.1) is 16.0 Å². The number of hydrogen-bond donors (Lipinski definition) is 1. The fourth-order valence-corrected chi connectivity index (χ4v) is 4.34. The Bertz CT molecular complexity index is 945. The van der Waals surface area contributed by atoms with E-state index in [1.165, 1.54) is 6.07 Å². The quantitative estimate of drug-likeness (QED) is 0.443. The largest absolute Gasteiger partial charge is 0.493 e. The number of hydrogen-bond acceptors (Lipinski definition) is 6. The van der Waals surface area contributed by atoms with Crippen LogP contribution in [0.15, 0.2) is 40.9 Å². The maximum Gasteiger partial charge on any atom is 0.292 e. The molecule has 2 aromatic carbocycles. The highest BCUT2D eigenvalue weighted by atomic mass is 79.9. The first-order valence-corrected chi connectivity index (χ1v) is 10.9. The number of halogens is 1. The predicted molar refractivity (Wildman–Crippen MR) is 122 cm³/mol. The van der Waals surface area contributed by atoms with Crippen molar-refractivity contribution in [2.45, 2.75) is 19.3 Å². The predicted octanol–water partition coefficient (Wildman–Crippen LogP) is 3.95. The van der Waals surface area contributed by atoms with E-state index in [1.807, 2.05) is 17.0 Å². The molecule has 0 bridgehead atoms. The van der Waals surface area contributed by atoms with Gasteiger partial charge in [0.2, 0.25) is 5.91 Å². The Morgan fingerprint density at radius 2 is 1.84 bits per heavy atom. The van der Waals surface area contributed by atoms with Crippen molar-refractivity contribution in [2.24, 2.45) is 5.92 Å². The van der Waals surface area contributed by atoms with Gasteiger partial charge in [-0.3, -0.25) is 14.9 Å². The molecule has 1 saturated heterocycles. The van der Waals surface area contributed by atoms with Crippen LogP contribution < -0.4 is 19.7 Å². The Hall–Kier alpha value is -2.81. The minimum absolute atomic E-state index is 0.0267. The highest BCUT2D eigenvalue weighted by Gasteiger charge is 2.27. The number of methoxy groups -OCH3 is 2. The molecule has 1 amide bonds. The monoisotopic (exact) mass is 491 g/mol. The molecule has 2 aromatic rings. The summed E-state index contributed by atoms with van der Waals surface area (Å²) >= 11 is 3.54. The van der Waals surface area contributed by atoms with Crippen molar-refractivity contribution in [1.29, 1.82) is 0 Å². The van der Waals surface area contributed by atoms with Crippen molar-refractivity contribution in [1.82, 2.24) is 5.32 Å². The van der Waals surface area contributed by atoms with E-state index in [0.29, 0.717) is 56.1 Å². The molecule has 1 fully saturated rings. The second-order valence-corrected chi connectivity index (χ2v) is 8.20. The van der Waals surface area contributed by atoms with Crippen molar-refractivity contribution < 1.29 is 19.2 Å². The number of carbonyl (C=O) groups is 1. The third-order valence-corrected chi connectivity index (χ3v) is 6.27. The first-order valence-electron chi connectivity index (χ1n) is 10.1. The first-order chi connectivity index (χ1) is 14.9. The summed E-state index contributed by atoms with van der Waals surface area (Å²) in [6.07, 6.45) is 1.98. The molecule has 0 spiro atoms. The summed E-state index contributed by atoms with van der Waals surface area (Å²) in [4.78, 5) is 25.5. The van der Waals surface area contributed by atoms with Crippen LogP contribution in [-0.2, 0) is 11.2 Å². The van der Waals surface area contributed by atoms with Gasteiger partial charge in [0, 0.05) is 36.1 Å². The summed E-state index contributed by atoms with van der Waals surface area (Å²) in [5.41, 5.74) is 1.74. The molecule has 1 aliphatic heterocycles. The number of rotatable bonds is 8. The summed E-state index contributed by atoms with van der Waals surface area (Å²) in [7, 11) is 3.18. The Kier molecular flexibility index (Phi) is 7.73. The van der Waals surface area contributed by atoms with E-state index in [-0.39, 0.29) is 22.4 Å². The standard InChI is InChI=1S/C22H26BrN3O5/c1-30-20-13-16(17(23)14-21(20)31-2)7-10-24-22(27)15-8-11-25(12-9-15)18-5-3-4-6-19(18)26(28)29/h3-6,13-15H,7-12H2,1-2H3,(H,24,27). The number of carbonyl (C=O) groups excluding carboxylic acids is 1. The minimum atomic E-state index is -0.361. The minimum Gasteiger partial charge on any atom is -0.493 e. The van der Waals surface area contributed by atoms with Crippen molar-refractivity contribution in [3.63, 3.8) is 0 Å². The van der Waals surface area contributed by atoms with E-state index >= 15 is 0 Å². The molecule has 1 heterocycles. The molecule has 0 saturated carbocycles. The van der Waals surface area contributed by atoms with Gasteiger partial charge in [0.25, 0.3) is 5.69 Å². The van der Waals surface area contributed by atoms with Crippen molar-refractivity contribution >= 4 is 33.2 Å². The van der Waals surface area contributed by atoms with Gasteiger partial charge in [0.1, 0.15) is 5.69 Å². The maximum absolute atomic E-state index is 12.6. The number of piperidine rings is 1. The average molecular weight is 492 g/mol. The SMILES string of the molecule is COc1cc(Br)c(CCNC(=O)C2CCN(c3ccccc3[N+](=O)[O-])CC2)cc1OC. The van der Waals surface area contributed by atoms with Gasteiger partial charge in [-0.25, -0.2) is 0 Å². The van der Waals surface area contributed by atoms with E-state index in [0.717, 1.165) is 10.0 Å². The van der Waals surface area contributed by atoms with Gasteiger partial charge in [-0.15, -0.1) is 0 Å². The number of nitrogens with one attached hydrogen (secondary N) is 1. The summed E-state index contributed by atoms with van der Waals surface area (Å²) in [5.74, 6) is 1.23. The molecule has 8 nitrogen and oxygen atoms in total. The lowest BCUT2D eigenvalue weighted by Gasteiger charge is -2.32. The van der Waals surface area contributed by atoms with Crippen molar-refractivity contribution in [2.75, 3.05) is 38.8 Å². The second kappa shape index (κ2) is 10.5. The second-order valence-electron chi connectivity index (χ2n) is 7.35. The van der Waals surface area contributed by atoms with E-state index in [2.05, 4.69) is 21.2 Å². The molecule has 0 aromatic heterocycles. The summed E-state index contributed by atoms with van der Waals surface area (Å²) < 4.78 is 11.5. The van der Waals surface area contributed by atoms with Gasteiger partial charge in [0.15, 0.2) is 11.5 Å². The molecular weight excluding hydrogens is 466 g/mol. The average Bonchev–Trinajstić information content (AvgIpc) is 2.79. The fraction of sp³-hybridized carbons (Fsp3) is 0.409. The molecule has 31 heavy (non-hydrogen) atoms. The number of amides is 1. The smallest absolute Gasteiger partial charge is 0.292 e. The van der Waals surface area contributed by atoms with E-state index in [4.69, 9.17) is 9.47 Å². The zero-order valence-corrected chi connectivity index (χ0v) is 19.2. The maximum atomic E-state index is 12.6. The van der Waals surface area contributed by atoms with Crippen LogP contribution in [0.1, 0.15) is 18.4 Å². The zero-order chi connectivity index (χ0) is 22.4. The molecule has 3 rings (SSSR count). The van der Waals surface area contributed by atoms with E-state index in [1.54, 1.807) is 32.4 Å². The van der Waals surface area contributed by atoms with Crippen LogP contribution in [-0.4, -0.2) is 44.7 Å². The third-order valence-electron chi connectivity index (χ3n) is 5.53. The topological polar surface area (TPSA) is 93.9 Å². The molecular formula is C22H26BrN3O5. The zero-order valence-electron chi connectivity index (χ0n) is 17.6. The van der Waals surface area contributed by atoms with Gasteiger partial charge < -0.3 is 19.7 Å². The van der Waals surface area contributed by atoms with Crippen LogP contribution in [0.2, 0.25) is 0 Å². The Labute approximate surface area is 189 Å². The summed E-state index contributed by atoms with van der Waals surface area (Å²) in [6, 6.07) is 10.5. The van der Waals surface area contributed by atoms with Gasteiger partial charge in [0.05, 0.1) is 19.1 Å². The van der Waals surface area contributed by atoms with Gasteiger partial charge in [-0.1, -0.05) is 28.1 Å². The number of benzene rings is 2. The Balaban J connectivity index is 1.52. The van der Waals surface area contributed by atoms with Gasteiger partial charge in [-0.05, 0) is 43.0 Å². The van der Waals surface area contributed by atoms with Crippen LogP contribution in [0.3, 0.4) is 0 Å². The third kappa shape index (κ3) is 5.46. The molecule has 9 heteroatoms. The Morgan fingerprint density at radius 3 is 2.48 bits per heavy atom. The lowest BCUT2D eigenvalue weighted by molar-refractivity contribution is -0.384. The molecule has 0 aliphatic carbocycles. The summed E-state index contributed by atoms with van der Waals surface area (Å²) in [6.45, 7) is 1.74. The van der Waals surface area contributed by atoms with Crippen molar-refractivity contribution in [3.05, 3.63) is 56.5 Å². The number of ether oxygens (including phenoxy) is 2. The molecule has 0 radical (unpaired) electrons. The number of nitro benzene ring substituents is 1. The fourth-order valence-electron chi connectivity index (χ4n) is 3.82. The Morgan fingerprint density at radius 1 is 1.19 bits per heavy atom. The molecule has 0 atom stereocenters. The van der Waals surface area contributed by atoms with E-state index < -0.39 is 0 Å². The van der Waals surface area contributed by atoms with Crippen molar-refractivity contribution in [3.8, 4) is 11.5 Å². The van der Waals surface area contributed by atoms with Crippen LogP contribution >= 0.6 is 15.9 Å². The molecule has 0 unspecified atom stereocenters. The van der Waals surface area contributed by atoms with Crippen LogP contribution in [0.4, 0.5) is 11.4 Å². The summed E-state index contributed by atoms with van der Waals surface area (Å²) in [5, 5.41) is 14.3.